The van der Waals surface area contributed by atoms with E-state index < -0.39 is 0 Å². The number of rotatable bonds is 7. The summed E-state index contributed by atoms with van der Waals surface area (Å²) < 4.78 is 2.56. The monoisotopic (exact) mass is 525 g/mol. The summed E-state index contributed by atoms with van der Waals surface area (Å²) >= 11 is 1.78. The number of piperidine rings is 2. The molecule has 38 heavy (non-hydrogen) atoms. The summed E-state index contributed by atoms with van der Waals surface area (Å²) in [6, 6.07) is 22.1. The van der Waals surface area contributed by atoms with E-state index in [1.165, 1.54) is 67.8 Å². The lowest BCUT2D eigenvalue weighted by Crippen LogP contribution is -2.48. The maximum atomic E-state index is 4.89. The molecule has 5 heterocycles. The van der Waals surface area contributed by atoms with E-state index in [4.69, 9.17) is 4.98 Å². The summed E-state index contributed by atoms with van der Waals surface area (Å²) in [6.45, 7) is 6.75. The smallest absolute Gasteiger partial charge is 0.107 e. The van der Waals surface area contributed by atoms with Gasteiger partial charge in [0.2, 0.25) is 0 Å². The molecule has 6 heteroatoms. The zero-order valence-corrected chi connectivity index (χ0v) is 23.3. The lowest BCUT2D eigenvalue weighted by molar-refractivity contribution is 0.0812. The van der Waals surface area contributed by atoms with Gasteiger partial charge in [-0.05, 0) is 94.6 Å². The summed E-state index contributed by atoms with van der Waals surface area (Å²) in [4.78, 5) is 15.0. The third-order valence-corrected chi connectivity index (χ3v) is 10.7. The van der Waals surface area contributed by atoms with Crippen LogP contribution in [0.25, 0.3) is 11.0 Å². The van der Waals surface area contributed by atoms with Crippen molar-refractivity contribution in [3.8, 4) is 0 Å². The molecule has 5 nitrogen and oxygen atoms in total. The molecular formula is C32H39N5S. The molecule has 3 aliphatic rings. The van der Waals surface area contributed by atoms with Gasteiger partial charge in [0.05, 0.1) is 17.6 Å². The molecule has 2 bridgehead atoms. The van der Waals surface area contributed by atoms with Gasteiger partial charge in [-0.15, -0.1) is 11.3 Å². The predicted octanol–water partition coefficient (Wildman–Crippen LogP) is 6.59. The molecule has 0 unspecified atom stereocenters. The maximum Gasteiger partial charge on any atom is 0.107 e. The predicted molar refractivity (Wildman–Crippen MR) is 156 cm³/mol. The summed E-state index contributed by atoms with van der Waals surface area (Å²) in [5, 5.41) is 3.35. The van der Waals surface area contributed by atoms with Crippen molar-refractivity contribution in [2.75, 3.05) is 19.6 Å². The molecule has 3 fully saturated rings. The van der Waals surface area contributed by atoms with Crippen LogP contribution in [0.2, 0.25) is 0 Å². The molecule has 2 aromatic heterocycles. The molecule has 2 aromatic carbocycles. The first kappa shape index (κ1) is 24.5. The lowest BCUT2D eigenvalue weighted by atomic mass is 9.70. The van der Waals surface area contributed by atoms with Crippen LogP contribution in [0.5, 0.6) is 0 Å². The molecule has 7 rings (SSSR count). The van der Waals surface area contributed by atoms with Crippen LogP contribution < -0.4 is 0 Å². The van der Waals surface area contributed by atoms with Crippen molar-refractivity contribution in [2.45, 2.75) is 82.0 Å². The van der Waals surface area contributed by atoms with Crippen molar-refractivity contribution < 1.29 is 0 Å². The van der Waals surface area contributed by atoms with Gasteiger partial charge in [0.15, 0.2) is 0 Å². The van der Waals surface area contributed by atoms with Crippen molar-refractivity contribution >= 4 is 22.4 Å². The van der Waals surface area contributed by atoms with Gasteiger partial charge in [-0.25, -0.2) is 9.97 Å². The number of fused-ring (bicyclic) bond motifs is 3. The van der Waals surface area contributed by atoms with Crippen molar-refractivity contribution in [1.82, 2.24) is 24.3 Å². The highest BCUT2D eigenvalue weighted by molar-refractivity contribution is 7.09. The third kappa shape index (κ3) is 4.51. The van der Waals surface area contributed by atoms with Gasteiger partial charge in [-0.1, -0.05) is 42.5 Å². The minimum absolute atomic E-state index is 0.286. The molecule has 3 atom stereocenters. The number of likely N-dealkylation sites (tertiary alicyclic amines) is 1. The topological polar surface area (TPSA) is 37.2 Å². The Labute approximate surface area is 230 Å². The van der Waals surface area contributed by atoms with Crippen LogP contribution in [0.1, 0.15) is 67.4 Å². The first-order chi connectivity index (χ1) is 18.7. The highest BCUT2D eigenvalue weighted by Gasteiger charge is 2.44. The first-order valence-corrected chi connectivity index (χ1v) is 15.4. The fourth-order valence-corrected chi connectivity index (χ4v) is 8.58. The Bertz CT molecular complexity index is 1340. The Kier molecular flexibility index (Phi) is 6.58. The molecule has 3 aliphatic heterocycles. The molecule has 4 aromatic rings. The molecule has 0 radical (unpaired) electrons. The summed E-state index contributed by atoms with van der Waals surface area (Å²) in [5.41, 5.74) is 4.30. The van der Waals surface area contributed by atoms with Gasteiger partial charge in [0, 0.05) is 29.7 Å². The number of aromatic nitrogens is 3. The Morgan fingerprint density at radius 2 is 1.66 bits per heavy atom. The van der Waals surface area contributed by atoms with Gasteiger partial charge in [0.1, 0.15) is 10.8 Å². The SMILES string of the molecule is Cc1nc2ccccc2n1[C@H]1C[C@H]2CC[C@@H](C1)N2CCC1(c2ccccc2)CCN(Cc2nccs2)CC1. The van der Waals surface area contributed by atoms with Crippen LogP contribution in [-0.2, 0) is 12.0 Å². The Hall–Kier alpha value is -2.54. The van der Waals surface area contributed by atoms with Crippen molar-refractivity contribution in [3.63, 3.8) is 0 Å². The number of aryl methyl sites for hydroxylation is 1. The van der Waals surface area contributed by atoms with E-state index in [9.17, 15) is 0 Å². The Balaban J connectivity index is 1.06. The van der Waals surface area contributed by atoms with E-state index in [0.717, 1.165) is 25.2 Å². The highest BCUT2D eigenvalue weighted by atomic mass is 32.1. The minimum atomic E-state index is 0.286. The summed E-state index contributed by atoms with van der Waals surface area (Å²) in [6.07, 6.45) is 10.9. The van der Waals surface area contributed by atoms with Gasteiger partial charge in [-0.2, -0.15) is 0 Å². The molecular weight excluding hydrogens is 486 g/mol. The van der Waals surface area contributed by atoms with Gasteiger partial charge in [-0.3, -0.25) is 9.80 Å². The first-order valence-electron chi connectivity index (χ1n) is 14.5. The quantitative estimate of drug-likeness (QED) is 0.273. The number of thiazole rings is 1. The molecule has 198 valence electrons. The molecule has 0 N–H and O–H groups in total. The second-order valence-corrected chi connectivity index (χ2v) is 12.8. The van der Waals surface area contributed by atoms with Crippen LogP contribution >= 0.6 is 11.3 Å². The van der Waals surface area contributed by atoms with Gasteiger partial charge >= 0.3 is 0 Å². The van der Waals surface area contributed by atoms with Gasteiger partial charge < -0.3 is 4.57 Å². The molecule has 0 aliphatic carbocycles. The van der Waals surface area contributed by atoms with E-state index in [1.807, 2.05) is 6.20 Å². The standard InChI is InChI=1S/C32H39N5S/c1-24-34-29-9-5-6-10-30(29)37(24)28-21-26-11-12-27(22-28)36(26)19-15-32(25-7-3-2-4-8-25)13-17-35(18-14-32)23-31-33-16-20-38-31/h2-10,16,20,26-28H,11-15,17-19,21-23H2,1H3/t26-,27+,28+. The molecule has 0 spiro atoms. The fourth-order valence-electron chi connectivity index (χ4n) is 7.93. The van der Waals surface area contributed by atoms with Crippen LogP contribution in [0, 0.1) is 6.92 Å². The van der Waals surface area contributed by atoms with Crippen LogP contribution in [-0.4, -0.2) is 56.1 Å². The molecule has 0 saturated carbocycles. The largest absolute Gasteiger partial charge is 0.325 e. The number of hydrogen-bond acceptors (Lipinski definition) is 5. The van der Waals surface area contributed by atoms with Crippen LogP contribution in [0.15, 0.2) is 66.2 Å². The van der Waals surface area contributed by atoms with Crippen LogP contribution in [0.3, 0.4) is 0 Å². The summed E-state index contributed by atoms with van der Waals surface area (Å²) in [7, 11) is 0. The molecule has 0 amide bonds. The van der Waals surface area contributed by atoms with Crippen LogP contribution in [0.4, 0.5) is 0 Å². The maximum absolute atomic E-state index is 4.89. The second-order valence-electron chi connectivity index (χ2n) is 11.9. The number of hydrogen-bond donors (Lipinski definition) is 0. The number of para-hydroxylation sites is 2. The number of benzene rings is 2. The normalized spacial score (nSPS) is 25.8. The average molecular weight is 526 g/mol. The zero-order valence-electron chi connectivity index (χ0n) is 22.5. The summed E-state index contributed by atoms with van der Waals surface area (Å²) in [5.74, 6) is 1.18. The second kappa shape index (κ2) is 10.2. The van der Waals surface area contributed by atoms with E-state index in [1.54, 1.807) is 16.9 Å². The van der Waals surface area contributed by atoms with Gasteiger partial charge in [0.25, 0.3) is 0 Å². The van der Waals surface area contributed by atoms with E-state index >= 15 is 0 Å². The van der Waals surface area contributed by atoms with E-state index in [0.29, 0.717) is 18.1 Å². The average Bonchev–Trinajstić information content (AvgIpc) is 3.64. The third-order valence-electron chi connectivity index (χ3n) is 9.89. The fraction of sp³-hybridized carbons (Fsp3) is 0.500. The van der Waals surface area contributed by atoms with E-state index in [2.05, 4.69) is 86.3 Å². The van der Waals surface area contributed by atoms with Crippen molar-refractivity contribution in [2.24, 2.45) is 0 Å². The number of nitrogens with zero attached hydrogens (tertiary/aromatic N) is 5. The minimum Gasteiger partial charge on any atom is -0.325 e. The van der Waals surface area contributed by atoms with Crippen molar-refractivity contribution in [3.05, 3.63) is 82.6 Å². The number of imidazole rings is 1. The lowest BCUT2D eigenvalue weighted by Gasteiger charge is -2.45. The van der Waals surface area contributed by atoms with E-state index in [-0.39, 0.29) is 5.41 Å². The Morgan fingerprint density at radius 1 is 0.921 bits per heavy atom. The zero-order chi connectivity index (χ0) is 25.5. The Morgan fingerprint density at radius 3 is 2.39 bits per heavy atom. The highest BCUT2D eigenvalue weighted by Crippen LogP contribution is 2.45. The van der Waals surface area contributed by atoms with Crippen molar-refractivity contribution in [1.29, 1.82) is 0 Å². The molecule has 3 saturated heterocycles.